The lowest BCUT2D eigenvalue weighted by molar-refractivity contribution is -0.295. The van der Waals surface area contributed by atoms with Crippen LogP contribution in [-0.4, -0.2) is 28.6 Å². The Hall–Kier alpha value is -1.85. The lowest BCUT2D eigenvalue weighted by atomic mass is 9.91. The van der Waals surface area contributed by atoms with E-state index in [1.165, 1.54) is 0 Å². The van der Waals surface area contributed by atoms with E-state index in [1.54, 1.807) is 12.1 Å². The van der Waals surface area contributed by atoms with Gasteiger partial charge in [-0.3, -0.25) is 4.79 Å². The van der Waals surface area contributed by atoms with E-state index in [9.17, 15) is 9.90 Å². The quantitative estimate of drug-likeness (QED) is 0.581. The van der Waals surface area contributed by atoms with Gasteiger partial charge in [0.1, 0.15) is 5.75 Å². The van der Waals surface area contributed by atoms with Crippen molar-refractivity contribution in [3.05, 3.63) is 42.0 Å². The summed E-state index contributed by atoms with van der Waals surface area (Å²) in [7, 11) is 0. The van der Waals surface area contributed by atoms with Gasteiger partial charge in [0.25, 0.3) is 0 Å². The van der Waals surface area contributed by atoms with Gasteiger partial charge in [0.2, 0.25) is 0 Å². The lowest BCUT2D eigenvalue weighted by Gasteiger charge is -2.41. The molecule has 5 heteroatoms. The molecule has 2 N–H and O–H groups in total. The molecule has 0 bridgehead atoms. The number of phenolic OH excluding ortho intramolecular Hbond substituents is 1. The number of carboxylic acids is 1. The molecule has 0 saturated carbocycles. The maximum absolute atomic E-state index is 10.5. The molecule has 0 radical (unpaired) electrons. The Morgan fingerprint density at radius 2 is 2.08 bits per heavy atom. The van der Waals surface area contributed by atoms with Crippen molar-refractivity contribution in [3.8, 4) is 5.75 Å². The maximum Gasteiger partial charge on any atom is 0.303 e. The van der Waals surface area contributed by atoms with Crippen LogP contribution in [0.4, 0.5) is 0 Å². The van der Waals surface area contributed by atoms with Crippen LogP contribution in [0.25, 0.3) is 0 Å². The standard InChI is InChI=1S/C19H26O5/c1-19(2)23-13-14(9-5-3-4-6-12-17(21)22)18(24-19)15-10-7-8-11-16(15)20/h3,5,7-8,10-11,14,18,20H,4,6,9,12-13H2,1-2H3,(H,21,22)/t14-,18+/m0/s1. The number of hydrogen-bond acceptors (Lipinski definition) is 4. The maximum atomic E-state index is 10.5. The van der Waals surface area contributed by atoms with Crippen LogP contribution in [0.15, 0.2) is 36.4 Å². The first-order chi connectivity index (χ1) is 11.4. The molecule has 1 aliphatic heterocycles. The highest BCUT2D eigenvalue weighted by Crippen LogP contribution is 2.41. The largest absolute Gasteiger partial charge is 0.508 e. The third kappa shape index (κ3) is 5.35. The Morgan fingerprint density at radius 3 is 2.79 bits per heavy atom. The van der Waals surface area contributed by atoms with Crippen LogP contribution in [-0.2, 0) is 14.3 Å². The summed E-state index contributed by atoms with van der Waals surface area (Å²) >= 11 is 0. The average Bonchev–Trinajstić information content (AvgIpc) is 2.51. The third-order valence-electron chi connectivity index (χ3n) is 4.09. The fourth-order valence-corrected chi connectivity index (χ4v) is 2.83. The summed E-state index contributed by atoms with van der Waals surface area (Å²) in [5.41, 5.74) is 0.776. The molecule has 1 aromatic rings. The van der Waals surface area contributed by atoms with Crippen molar-refractivity contribution in [2.45, 2.75) is 51.4 Å². The van der Waals surface area contributed by atoms with Crippen LogP contribution in [0.5, 0.6) is 5.75 Å². The van der Waals surface area contributed by atoms with Crippen molar-refractivity contribution in [3.63, 3.8) is 0 Å². The van der Waals surface area contributed by atoms with Gasteiger partial charge in [-0.1, -0.05) is 30.4 Å². The number of aliphatic carboxylic acids is 1. The predicted octanol–water partition coefficient (Wildman–Crippen LogP) is 4.03. The van der Waals surface area contributed by atoms with Crippen molar-refractivity contribution < 1.29 is 24.5 Å². The van der Waals surface area contributed by atoms with Crippen molar-refractivity contribution in [2.75, 3.05) is 6.61 Å². The van der Waals surface area contributed by atoms with Crippen molar-refractivity contribution in [2.24, 2.45) is 5.92 Å². The molecule has 24 heavy (non-hydrogen) atoms. The van der Waals surface area contributed by atoms with Crippen LogP contribution in [0.2, 0.25) is 0 Å². The number of allylic oxidation sites excluding steroid dienone is 2. The van der Waals surface area contributed by atoms with E-state index in [0.29, 0.717) is 13.0 Å². The van der Waals surface area contributed by atoms with Gasteiger partial charge < -0.3 is 19.7 Å². The molecule has 5 nitrogen and oxygen atoms in total. The summed E-state index contributed by atoms with van der Waals surface area (Å²) in [4.78, 5) is 10.5. The number of ether oxygens (including phenoxy) is 2. The number of hydrogen-bond donors (Lipinski definition) is 2. The minimum Gasteiger partial charge on any atom is -0.508 e. The zero-order valence-corrected chi connectivity index (χ0v) is 14.3. The smallest absolute Gasteiger partial charge is 0.303 e. The summed E-state index contributed by atoms with van der Waals surface area (Å²) < 4.78 is 11.8. The monoisotopic (exact) mass is 334 g/mol. The summed E-state index contributed by atoms with van der Waals surface area (Å²) in [6, 6.07) is 7.23. The van der Waals surface area contributed by atoms with E-state index in [1.807, 2.05) is 38.1 Å². The Kier molecular flexibility index (Phi) is 6.40. The first-order valence-corrected chi connectivity index (χ1v) is 8.35. The van der Waals surface area contributed by atoms with E-state index < -0.39 is 11.8 Å². The molecule has 1 aliphatic rings. The van der Waals surface area contributed by atoms with Gasteiger partial charge in [-0.15, -0.1) is 0 Å². The zero-order chi connectivity index (χ0) is 17.6. The molecule has 1 aromatic carbocycles. The summed E-state index contributed by atoms with van der Waals surface area (Å²) in [5, 5.41) is 18.8. The Bertz CT molecular complexity index is 579. The second kappa shape index (κ2) is 8.31. The van der Waals surface area contributed by atoms with Gasteiger partial charge in [-0.25, -0.2) is 0 Å². The van der Waals surface area contributed by atoms with E-state index in [0.717, 1.165) is 18.4 Å². The van der Waals surface area contributed by atoms with Gasteiger partial charge in [0.05, 0.1) is 12.7 Å². The molecule has 2 atom stereocenters. The van der Waals surface area contributed by atoms with Gasteiger partial charge in [-0.05, 0) is 39.2 Å². The first kappa shape index (κ1) is 18.5. The van der Waals surface area contributed by atoms with E-state index >= 15 is 0 Å². The number of phenols is 1. The fourth-order valence-electron chi connectivity index (χ4n) is 2.83. The first-order valence-electron chi connectivity index (χ1n) is 8.35. The second-order valence-corrected chi connectivity index (χ2v) is 6.56. The number of para-hydroxylation sites is 1. The Balaban J connectivity index is 2.00. The highest BCUT2D eigenvalue weighted by atomic mass is 16.7. The highest BCUT2D eigenvalue weighted by molar-refractivity contribution is 5.66. The van der Waals surface area contributed by atoms with E-state index in [4.69, 9.17) is 14.6 Å². The molecule has 1 saturated heterocycles. The molecule has 1 fully saturated rings. The number of unbranched alkanes of at least 4 members (excludes halogenated alkanes) is 1. The fraction of sp³-hybridized carbons (Fsp3) is 0.526. The zero-order valence-electron chi connectivity index (χ0n) is 14.3. The molecule has 0 aliphatic carbocycles. The van der Waals surface area contributed by atoms with Crippen LogP contribution in [0.3, 0.4) is 0 Å². The van der Waals surface area contributed by atoms with Gasteiger partial charge in [-0.2, -0.15) is 0 Å². The van der Waals surface area contributed by atoms with Crippen molar-refractivity contribution >= 4 is 5.97 Å². The summed E-state index contributed by atoms with van der Waals surface area (Å²) in [6.07, 6.45) is 6.14. The Labute approximate surface area is 142 Å². The molecule has 2 rings (SSSR count). The third-order valence-corrected chi connectivity index (χ3v) is 4.09. The topological polar surface area (TPSA) is 76.0 Å². The molecule has 132 valence electrons. The van der Waals surface area contributed by atoms with Gasteiger partial charge in [0.15, 0.2) is 5.79 Å². The highest BCUT2D eigenvalue weighted by Gasteiger charge is 2.37. The minimum atomic E-state index is -0.765. The normalized spacial score (nSPS) is 23.4. The molecule has 0 spiro atoms. The van der Waals surface area contributed by atoms with Gasteiger partial charge >= 0.3 is 5.97 Å². The lowest BCUT2D eigenvalue weighted by Crippen LogP contribution is -2.41. The molecular formula is C19H26O5. The van der Waals surface area contributed by atoms with E-state index in [-0.39, 0.29) is 24.2 Å². The average molecular weight is 334 g/mol. The van der Waals surface area contributed by atoms with Crippen LogP contribution in [0, 0.1) is 5.92 Å². The van der Waals surface area contributed by atoms with Crippen molar-refractivity contribution in [1.29, 1.82) is 0 Å². The molecule has 1 heterocycles. The van der Waals surface area contributed by atoms with Crippen LogP contribution in [0.1, 0.15) is 51.2 Å². The number of carboxylic acid groups (broad SMARTS) is 1. The van der Waals surface area contributed by atoms with E-state index in [2.05, 4.69) is 0 Å². The summed E-state index contributed by atoms with van der Waals surface area (Å²) in [6.45, 7) is 4.29. The van der Waals surface area contributed by atoms with Crippen LogP contribution < -0.4 is 0 Å². The summed E-state index contributed by atoms with van der Waals surface area (Å²) in [5.74, 6) is -1.12. The number of carbonyl (C=O) groups is 1. The minimum absolute atomic E-state index is 0.0991. The predicted molar refractivity (Wildman–Crippen MR) is 90.7 cm³/mol. The number of rotatable bonds is 7. The van der Waals surface area contributed by atoms with Crippen molar-refractivity contribution in [1.82, 2.24) is 0 Å². The molecular weight excluding hydrogens is 308 g/mol. The number of aromatic hydroxyl groups is 1. The Morgan fingerprint density at radius 1 is 1.33 bits per heavy atom. The van der Waals surface area contributed by atoms with Gasteiger partial charge in [0, 0.05) is 17.9 Å². The molecule has 0 aromatic heterocycles. The molecule has 0 unspecified atom stereocenters. The number of benzene rings is 1. The second-order valence-electron chi connectivity index (χ2n) is 6.56. The molecule has 0 amide bonds. The van der Waals surface area contributed by atoms with Crippen LogP contribution >= 0.6 is 0 Å². The SMILES string of the molecule is CC1(C)OC[C@H](CC=CCCCC(=O)O)[C@H](c2ccccc2O)O1.